The number of hydrogen-bond acceptors (Lipinski definition) is 1. The monoisotopic (exact) mass is 299 g/mol. The maximum Gasteiger partial charge on any atom is 0.416 e. The summed E-state index contributed by atoms with van der Waals surface area (Å²) >= 11 is 0. The van der Waals surface area contributed by atoms with E-state index in [0.717, 1.165) is 31.4 Å². The van der Waals surface area contributed by atoms with Crippen LogP contribution in [0.1, 0.15) is 49.8 Å². The fraction of sp³-hybridized carbons (Fsp3) is 0.538. The van der Waals surface area contributed by atoms with Crippen molar-refractivity contribution in [3.05, 3.63) is 35.1 Å². The lowest BCUT2D eigenvalue weighted by Gasteiger charge is -2.14. The molecule has 110 valence electrons. The van der Waals surface area contributed by atoms with Crippen molar-refractivity contribution in [2.24, 2.45) is 5.73 Å². The zero-order chi connectivity index (χ0) is 13.8. The standard InChI is InChI=1S/C13H17F4N.ClH/c1-2-3-4-5-12(18)10-7-6-9(8-11(10)14)13(15,16)17;/h6-8,12H,2-5,18H2,1H3;1H/t12-;/m0./s1. The zero-order valence-electron chi connectivity index (χ0n) is 10.6. The average Bonchev–Trinajstić information content (AvgIpc) is 2.27. The van der Waals surface area contributed by atoms with Crippen LogP contribution < -0.4 is 5.73 Å². The summed E-state index contributed by atoms with van der Waals surface area (Å²) in [5.74, 6) is -0.881. The molecule has 0 aliphatic heterocycles. The second-order valence-corrected chi connectivity index (χ2v) is 4.34. The van der Waals surface area contributed by atoms with Gasteiger partial charge >= 0.3 is 6.18 Å². The molecule has 1 atom stereocenters. The molecule has 0 bridgehead atoms. The van der Waals surface area contributed by atoms with Crippen LogP contribution in [-0.2, 0) is 6.18 Å². The summed E-state index contributed by atoms with van der Waals surface area (Å²) in [6.07, 6.45) is -1.10. The summed E-state index contributed by atoms with van der Waals surface area (Å²) in [6, 6.07) is 1.97. The molecule has 1 aromatic carbocycles. The molecule has 0 aliphatic carbocycles. The van der Waals surface area contributed by atoms with E-state index in [-0.39, 0.29) is 18.0 Å². The molecule has 1 aromatic rings. The number of benzene rings is 1. The van der Waals surface area contributed by atoms with E-state index in [0.29, 0.717) is 12.5 Å². The van der Waals surface area contributed by atoms with Crippen LogP contribution in [0.15, 0.2) is 18.2 Å². The number of hydrogen-bond donors (Lipinski definition) is 1. The maximum absolute atomic E-state index is 13.6. The van der Waals surface area contributed by atoms with Crippen LogP contribution >= 0.6 is 12.4 Å². The predicted molar refractivity (Wildman–Crippen MR) is 69.7 cm³/mol. The Morgan fingerprint density at radius 3 is 2.32 bits per heavy atom. The summed E-state index contributed by atoms with van der Waals surface area (Å²) in [5, 5.41) is 0. The minimum atomic E-state index is -4.52. The molecule has 0 aliphatic rings. The van der Waals surface area contributed by atoms with Gasteiger partial charge in [0.2, 0.25) is 0 Å². The van der Waals surface area contributed by atoms with Gasteiger partial charge in [0.25, 0.3) is 0 Å². The molecular weight excluding hydrogens is 282 g/mol. The molecular formula is C13H18ClF4N. The van der Waals surface area contributed by atoms with Crippen molar-refractivity contribution in [2.45, 2.75) is 44.8 Å². The van der Waals surface area contributed by atoms with Crippen LogP contribution in [-0.4, -0.2) is 0 Å². The van der Waals surface area contributed by atoms with Crippen molar-refractivity contribution in [1.82, 2.24) is 0 Å². The van der Waals surface area contributed by atoms with Crippen LogP contribution in [0.5, 0.6) is 0 Å². The molecule has 0 amide bonds. The van der Waals surface area contributed by atoms with E-state index < -0.39 is 23.6 Å². The van der Waals surface area contributed by atoms with Crippen molar-refractivity contribution >= 4 is 12.4 Å². The minimum absolute atomic E-state index is 0. The van der Waals surface area contributed by atoms with Gasteiger partial charge in [-0.25, -0.2) is 4.39 Å². The van der Waals surface area contributed by atoms with Gasteiger partial charge in [-0.05, 0) is 18.6 Å². The first-order chi connectivity index (χ1) is 8.36. The molecule has 0 saturated carbocycles. The third kappa shape index (κ3) is 5.37. The highest BCUT2D eigenvalue weighted by Crippen LogP contribution is 2.31. The van der Waals surface area contributed by atoms with Crippen LogP contribution in [0.4, 0.5) is 17.6 Å². The van der Waals surface area contributed by atoms with Crippen LogP contribution in [0, 0.1) is 5.82 Å². The highest BCUT2D eigenvalue weighted by Gasteiger charge is 2.31. The van der Waals surface area contributed by atoms with Gasteiger partial charge in [-0.15, -0.1) is 12.4 Å². The maximum atomic E-state index is 13.6. The first kappa shape index (κ1) is 18.2. The predicted octanol–water partition coefficient (Wildman–Crippen LogP) is 4.85. The Kier molecular flexibility index (Phi) is 7.37. The fourth-order valence-electron chi connectivity index (χ4n) is 1.77. The Balaban J connectivity index is 0.00000324. The molecule has 0 saturated heterocycles. The smallest absolute Gasteiger partial charge is 0.324 e. The molecule has 0 heterocycles. The Morgan fingerprint density at radius 2 is 1.84 bits per heavy atom. The number of rotatable bonds is 5. The van der Waals surface area contributed by atoms with Gasteiger partial charge in [-0.1, -0.05) is 32.3 Å². The molecule has 0 spiro atoms. The Hall–Kier alpha value is -0.810. The minimum Gasteiger partial charge on any atom is -0.324 e. The third-order valence-electron chi connectivity index (χ3n) is 2.85. The van der Waals surface area contributed by atoms with E-state index >= 15 is 0 Å². The van der Waals surface area contributed by atoms with Gasteiger partial charge in [0.05, 0.1) is 5.56 Å². The van der Waals surface area contributed by atoms with Crippen molar-refractivity contribution in [1.29, 1.82) is 0 Å². The molecule has 0 radical (unpaired) electrons. The summed E-state index contributed by atoms with van der Waals surface area (Å²) in [4.78, 5) is 0. The largest absolute Gasteiger partial charge is 0.416 e. The summed E-state index contributed by atoms with van der Waals surface area (Å²) < 4.78 is 50.6. The SMILES string of the molecule is CCCCC[C@H](N)c1ccc(C(F)(F)F)cc1F.Cl. The number of halogens is 5. The first-order valence-corrected chi connectivity index (χ1v) is 5.98. The molecule has 6 heteroatoms. The molecule has 0 unspecified atom stereocenters. The third-order valence-corrected chi connectivity index (χ3v) is 2.85. The van der Waals surface area contributed by atoms with Gasteiger partial charge < -0.3 is 5.73 Å². The molecule has 0 aromatic heterocycles. The van der Waals surface area contributed by atoms with Crippen LogP contribution in [0.3, 0.4) is 0 Å². The van der Waals surface area contributed by atoms with Gasteiger partial charge in [-0.2, -0.15) is 13.2 Å². The number of nitrogens with two attached hydrogens (primary N) is 1. The van der Waals surface area contributed by atoms with E-state index in [4.69, 9.17) is 5.73 Å². The Labute approximate surface area is 116 Å². The second-order valence-electron chi connectivity index (χ2n) is 4.34. The Bertz CT molecular complexity index is 393. The van der Waals surface area contributed by atoms with Crippen molar-refractivity contribution in [3.63, 3.8) is 0 Å². The lowest BCUT2D eigenvalue weighted by molar-refractivity contribution is -0.137. The normalized spacial score (nSPS) is 12.9. The number of alkyl halides is 3. The van der Waals surface area contributed by atoms with Gasteiger partial charge in [0.1, 0.15) is 5.82 Å². The number of unbranched alkanes of at least 4 members (excludes halogenated alkanes) is 2. The molecule has 1 rings (SSSR count). The summed E-state index contributed by atoms with van der Waals surface area (Å²) in [7, 11) is 0. The molecule has 2 N–H and O–H groups in total. The first-order valence-electron chi connectivity index (χ1n) is 5.98. The van der Waals surface area contributed by atoms with Gasteiger partial charge in [0, 0.05) is 11.6 Å². The fourth-order valence-corrected chi connectivity index (χ4v) is 1.77. The topological polar surface area (TPSA) is 26.0 Å². The molecule has 1 nitrogen and oxygen atoms in total. The van der Waals surface area contributed by atoms with E-state index in [1.165, 1.54) is 0 Å². The Morgan fingerprint density at radius 1 is 1.21 bits per heavy atom. The van der Waals surface area contributed by atoms with E-state index in [1.54, 1.807) is 0 Å². The zero-order valence-corrected chi connectivity index (χ0v) is 11.5. The second kappa shape index (κ2) is 7.70. The van der Waals surface area contributed by atoms with Crippen LogP contribution in [0.2, 0.25) is 0 Å². The van der Waals surface area contributed by atoms with Crippen molar-refractivity contribution < 1.29 is 17.6 Å². The van der Waals surface area contributed by atoms with E-state index in [2.05, 4.69) is 0 Å². The average molecular weight is 300 g/mol. The van der Waals surface area contributed by atoms with Crippen molar-refractivity contribution in [2.75, 3.05) is 0 Å². The van der Waals surface area contributed by atoms with Gasteiger partial charge in [-0.3, -0.25) is 0 Å². The lowest BCUT2D eigenvalue weighted by atomic mass is 9.99. The molecule has 0 fully saturated rings. The van der Waals surface area contributed by atoms with Crippen molar-refractivity contribution in [3.8, 4) is 0 Å². The van der Waals surface area contributed by atoms with Gasteiger partial charge in [0.15, 0.2) is 0 Å². The highest BCUT2D eigenvalue weighted by atomic mass is 35.5. The lowest BCUT2D eigenvalue weighted by Crippen LogP contribution is -2.13. The van der Waals surface area contributed by atoms with E-state index in [9.17, 15) is 17.6 Å². The highest BCUT2D eigenvalue weighted by molar-refractivity contribution is 5.85. The van der Waals surface area contributed by atoms with Crippen LogP contribution in [0.25, 0.3) is 0 Å². The molecule has 19 heavy (non-hydrogen) atoms. The van der Waals surface area contributed by atoms with E-state index in [1.807, 2.05) is 6.92 Å². The quantitative estimate of drug-likeness (QED) is 0.610. The summed E-state index contributed by atoms with van der Waals surface area (Å²) in [6.45, 7) is 2.03. The summed E-state index contributed by atoms with van der Waals surface area (Å²) in [5.41, 5.74) is 4.94.